The van der Waals surface area contributed by atoms with Gasteiger partial charge in [-0.1, -0.05) is 36.0 Å². The molecule has 0 saturated heterocycles. The molecule has 2 rings (SSSR count). The first-order chi connectivity index (χ1) is 10.7. The van der Waals surface area contributed by atoms with Crippen LogP contribution in [-0.4, -0.2) is 12.1 Å². The average Bonchev–Trinajstić information content (AvgIpc) is 2.55. The fourth-order valence-corrected chi connectivity index (χ4v) is 2.76. The van der Waals surface area contributed by atoms with Gasteiger partial charge < -0.3 is 4.74 Å². The van der Waals surface area contributed by atoms with Crippen molar-refractivity contribution >= 4 is 17.7 Å². The summed E-state index contributed by atoms with van der Waals surface area (Å²) in [5.41, 5.74) is 0.920. The van der Waals surface area contributed by atoms with Crippen molar-refractivity contribution in [2.75, 3.05) is 0 Å². The van der Waals surface area contributed by atoms with E-state index in [1.54, 1.807) is 30.3 Å². The molecule has 0 heterocycles. The summed E-state index contributed by atoms with van der Waals surface area (Å²) in [5.74, 6) is -0.549. The van der Waals surface area contributed by atoms with Crippen molar-refractivity contribution in [3.8, 4) is 12.1 Å². The first-order valence-corrected chi connectivity index (χ1v) is 7.34. The van der Waals surface area contributed by atoms with E-state index in [1.165, 1.54) is 18.7 Å². The van der Waals surface area contributed by atoms with Crippen LogP contribution in [0.3, 0.4) is 0 Å². The summed E-state index contributed by atoms with van der Waals surface area (Å²) >= 11 is 1.32. The Balaban J connectivity index is 2.32. The van der Waals surface area contributed by atoms with Gasteiger partial charge in [0.1, 0.15) is 12.1 Å². The van der Waals surface area contributed by atoms with Gasteiger partial charge >= 0.3 is 5.97 Å². The topological polar surface area (TPSA) is 73.9 Å². The molecule has 0 amide bonds. The van der Waals surface area contributed by atoms with Crippen LogP contribution in [0.4, 0.5) is 0 Å². The van der Waals surface area contributed by atoms with Gasteiger partial charge in [0, 0.05) is 9.79 Å². The lowest BCUT2D eigenvalue weighted by atomic mass is 10.2. The number of rotatable bonds is 4. The first-order valence-electron chi connectivity index (χ1n) is 6.52. The third-order valence-corrected chi connectivity index (χ3v) is 3.95. The van der Waals surface area contributed by atoms with Crippen molar-refractivity contribution in [1.82, 2.24) is 0 Å². The van der Waals surface area contributed by atoms with Gasteiger partial charge in [-0.15, -0.1) is 0 Å². The fourth-order valence-electron chi connectivity index (χ4n) is 1.74. The van der Waals surface area contributed by atoms with Crippen LogP contribution in [0.2, 0.25) is 0 Å². The van der Waals surface area contributed by atoms with E-state index in [9.17, 15) is 4.79 Å². The number of esters is 1. The molecule has 0 aromatic heterocycles. The number of carbonyl (C=O) groups is 1. The smallest absolute Gasteiger partial charge is 0.340 e. The van der Waals surface area contributed by atoms with E-state index in [4.69, 9.17) is 15.3 Å². The Bertz CT molecular complexity index is 775. The highest BCUT2D eigenvalue weighted by Crippen LogP contribution is 2.32. The predicted molar refractivity (Wildman–Crippen MR) is 82.2 cm³/mol. The molecule has 2 aromatic rings. The Hall–Kier alpha value is -2.76. The molecule has 0 aliphatic carbocycles. The lowest BCUT2D eigenvalue weighted by Crippen LogP contribution is -2.13. The molecule has 108 valence electrons. The van der Waals surface area contributed by atoms with Crippen LogP contribution in [-0.2, 0) is 4.74 Å². The Morgan fingerprint density at radius 2 is 1.73 bits per heavy atom. The Kier molecular flexibility index (Phi) is 5.19. The molecule has 0 aliphatic rings. The summed E-state index contributed by atoms with van der Waals surface area (Å²) in [7, 11) is 0. The van der Waals surface area contributed by atoms with Crippen molar-refractivity contribution in [2.45, 2.75) is 22.8 Å². The third kappa shape index (κ3) is 3.66. The minimum absolute atomic E-state index is 0.377. The highest BCUT2D eigenvalue weighted by molar-refractivity contribution is 7.99. The predicted octanol–water partition coefficient (Wildman–Crippen LogP) is 3.78. The second-order valence-electron chi connectivity index (χ2n) is 4.38. The summed E-state index contributed by atoms with van der Waals surface area (Å²) < 4.78 is 5.04. The van der Waals surface area contributed by atoms with Crippen LogP contribution in [0.15, 0.2) is 58.3 Å². The third-order valence-electron chi connectivity index (χ3n) is 2.80. The molecule has 0 N–H and O–H groups in total. The van der Waals surface area contributed by atoms with Gasteiger partial charge in [-0.2, -0.15) is 10.5 Å². The molecule has 1 unspecified atom stereocenters. The maximum Gasteiger partial charge on any atom is 0.340 e. The van der Waals surface area contributed by atoms with E-state index in [0.717, 1.165) is 4.90 Å². The minimum atomic E-state index is -0.808. The van der Waals surface area contributed by atoms with Crippen molar-refractivity contribution < 1.29 is 9.53 Å². The van der Waals surface area contributed by atoms with E-state index in [-0.39, 0.29) is 0 Å². The van der Waals surface area contributed by atoms with Crippen molar-refractivity contribution in [2.24, 2.45) is 0 Å². The molecule has 0 saturated carbocycles. The van der Waals surface area contributed by atoms with Crippen LogP contribution in [0.25, 0.3) is 0 Å². The highest BCUT2D eigenvalue weighted by atomic mass is 32.2. The zero-order valence-corrected chi connectivity index (χ0v) is 12.6. The standard InChI is InChI=1S/C17H12N2O2S/c1-12(10-18)21-17(20)14-7-3-5-9-16(14)22-15-8-4-2-6-13(15)11-19/h2-9,12H,1H3. The van der Waals surface area contributed by atoms with E-state index >= 15 is 0 Å². The van der Waals surface area contributed by atoms with Crippen LogP contribution < -0.4 is 0 Å². The molecule has 0 spiro atoms. The monoisotopic (exact) mass is 308 g/mol. The molecule has 22 heavy (non-hydrogen) atoms. The number of nitrogens with zero attached hydrogens (tertiary/aromatic N) is 2. The van der Waals surface area contributed by atoms with Gasteiger partial charge in [-0.3, -0.25) is 0 Å². The molecule has 5 heteroatoms. The maximum atomic E-state index is 12.1. The molecule has 2 aromatic carbocycles. The lowest BCUT2D eigenvalue weighted by molar-refractivity contribution is 0.0431. The Labute approximate surface area is 132 Å². The zero-order chi connectivity index (χ0) is 15.9. The molecule has 4 nitrogen and oxygen atoms in total. The maximum absolute atomic E-state index is 12.1. The molecular weight excluding hydrogens is 296 g/mol. The summed E-state index contributed by atoms with van der Waals surface area (Å²) in [6.07, 6.45) is -0.808. The number of benzene rings is 2. The van der Waals surface area contributed by atoms with Crippen LogP contribution in [0, 0.1) is 22.7 Å². The molecular formula is C17H12N2O2S. The van der Waals surface area contributed by atoms with Crippen LogP contribution >= 0.6 is 11.8 Å². The number of hydrogen-bond acceptors (Lipinski definition) is 5. The van der Waals surface area contributed by atoms with Gasteiger partial charge in [0.05, 0.1) is 11.1 Å². The number of hydrogen-bond donors (Lipinski definition) is 0. The second kappa shape index (κ2) is 7.31. The van der Waals surface area contributed by atoms with Gasteiger partial charge in [0.2, 0.25) is 0 Å². The summed E-state index contributed by atoms with van der Waals surface area (Å²) in [6.45, 7) is 1.51. The first kappa shape index (κ1) is 15.6. The van der Waals surface area contributed by atoms with E-state index in [2.05, 4.69) is 6.07 Å². The van der Waals surface area contributed by atoms with Crippen molar-refractivity contribution in [3.05, 3.63) is 59.7 Å². The molecule has 0 bridgehead atoms. The second-order valence-corrected chi connectivity index (χ2v) is 5.47. The summed E-state index contributed by atoms with van der Waals surface area (Å²) in [4.78, 5) is 13.6. The summed E-state index contributed by atoms with van der Waals surface area (Å²) in [5, 5.41) is 17.9. The lowest BCUT2D eigenvalue weighted by Gasteiger charge is -2.10. The van der Waals surface area contributed by atoms with Crippen LogP contribution in [0.1, 0.15) is 22.8 Å². The molecule has 0 aliphatic heterocycles. The Morgan fingerprint density at radius 1 is 1.09 bits per heavy atom. The van der Waals surface area contributed by atoms with Gasteiger partial charge in [0.15, 0.2) is 6.10 Å². The fraction of sp³-hybridized carbons (Fsp3) is 0.118. The Morgan fingerprint density at radius 3 is 2.41 bits per heavy atom. The largest absolute Gasteiger partial charge is 0.444 e. The normalized spacial score (nSPS) is 11.0. The molecule has 1 atom stereocenters. The zero-order valence-electron chi connectivity index (χ0n) is 11.8. The van der Waals surface area contributed by atoms with Crippen molar-refractivity contribution in [1.29, 1.82) is 10.5 Å². The minimum Gasteiger partial charge on any atom is -0.444 e. The quantitative estimate of drug-likeness (QED) is 0.804. The molecule has 0 fully saturated rings. The van der Waals surface area contributed by atoms with E-state index in [0.29, 0.717) is 16.0 Å². The SMILES string of the molecule is CC(C#N)OC(=O)c1ccccc1Sc1ccccc1C#N. The van der Waals surface area contributed by atoms with Crippen molar-refractivity contribution in [3.63, 3.8) is 0 Å². The average molecular weight is 308 g/mol. The van der Waals surface area contributed by atoms with Crippen LogP contribution in [0.5, 0.6) is 0 Å². The van der Waals surface area contributed by atoms with Gasteiger partial charge in [-0.25, -0.2) is 4.79 Å². The number of carbonyl (C=O) groups excluding carboxylic acids is 1. The van der Waals surface area contributed by atoms with E-state index < -0.39 is 12.1 Å². The van der Waals surface area contributed by atoms with Gasteiger partial charge in [0.25, 0.3) is 0 Å². The van der Waals surface area contributed by atoms with E-state index in [1.807, 2.05) is 24.3 Å². The molecule has 0 radical (unpaired) electrons. The van der Waals surface area contributed by atoms with Gasteiger partial charge in [-0.05, 0) is 31.2 Å². The summed E-state index contributed by atoms with van der Waals surface area (Å²) in [6, 6.07) is 18.1. The highest BCUT2D eigenvalue weighted by Gasteiger charge is 2.16. The number of nitriles is 2. The number of ether oxygens (including phenoxy) is 1.